The lowest BCUT2D eigenvalue weighted by atomic mass is 10.0. The first kappa shape index (κ1) is 14.5. The zero-order chi connectivity index (χ0) is 14.8. The maximum atomic E-state index is 13.6. The van der Waals surface area contributed by atoms with Crippen LogP contribution in [0, 0.1) is 11.6 Å². The van der Waals surface area contributed by atoms with Gasteiger partial charge >= 0.3 is 0 Å². The Balaban J connectivity index is 1.78. The molecule has 5 heteroatoms. The SMILES string of the molecule is Fc1ccc(F)c(CNC2CCOc3ccc(Br)cc32)c1. The number of hydrogen-bond donors (Lipinski definition) is 1. The van der Waals surface area contributed by atoms with E-state index in [1.54, 1.807) is 0 Å². The highest BCUT2D eigenvalue weighted by atomic mass is 79.9. The average Bonchev–Trinajstić information content (AvgIpc) is 2.48. The van der Waals surface area contributed by atoms with Crippen LogP contribution in [0.1, 0.15) is 23.6 Å². The van der Waals surface area contributed by atoms with Crippen molar-refractivity contribution >= 4 is 15.9 Å². The molecule has 2 aromatic rings. The van der Waals surface area contributed by atoms with Gasteiger partial charge in [-0.25, -0.2) is 8.78 Å². The highest BCUT2D eigenvalue weighted by Crippen LogP contribution is 2.34. The van der Waals surface area contributed by atoms with E-state index in [2.05, 4.69) is 21.2 Å². The zero-order valence-corrected chi connectivity index (χ0v) is 12.8. The molecule has 3 rings (SSSR count). The van der Waals surface area contributed by atoms with Gasteiger partial charge in [-0.15, -0.1) is 0 Å². The van der Waals surface area contributed by atoms with E-state index in [0.29, 0.717) is 12.2 Å². The van der Waals surface area contributed by atoms with Gasteiger partial charge in [0.25, 0.3) is 0 Å². The van der Waals surface area contributed by atoms with Crippen molar-refractivity contribution < 1.29 is 13.5 Å². The van der Waals surface area contributed by atoms with Crippen LogP contribution < -0.4 is 10.1 Å². The second-order valence-electron chi connectivity index (χ2n) is 4.99. The Bertz CT molecular complexity index is 663. The molecule has 2 nitrogen and oxygen atoms in total. The summed E-state index contributed by atoms with van der Waals surface area (Å²) in [6.45, 7) is 0.887. The average molecular weight is 354 g/mol. The van der Waals surface area contributed by atoms with Crippen LogP contribution in [-0.4, -0.2) is 6.61 Å². The second kappa shape index (κ2) is 6.12. The molecule has 1 N–H and O–H groups in total. The van der Waals surface area contributed by atoms with Gasteiger partial charge in [0.2, 0.25) is 0 Å². The van der Waals surface area contributed by atoms with Gasteiger partial charge in [-0.2, -0.15) is 0 Å². The molecule has 0 fully saturated rings. The minimum Gasteiger partial charge on any atom is -0.493 e. The molecule has 21 heavy (non-hydrogen) atoms. The molecule has 1 aliphatic heterocycles. The van der Waals surface area contributed by atoms with Crippen molar-refractivity contribution in [2.24, 2.45) is 0 Å². The summed E-state index contributed by atoms with van der Waals surface area (Å²) >= 11 is 3.44. The van der Waals surface area contributed by atoms with Crippen LogP contribution in [0.25, 0.3) is 0 Å². The van der Waals surface area contributed by atoms with Gasteiger partial charge in [-0.1, -0.05) is 15.9 Å². The standard InChI is InChI=1S/C16H14BrF2NO/c17-11-1-4-16-13(8-11)15(5-6-21-16)20-9-10-7-12(18)2-3-14(10)19/h1-4,7-8,15,20H,5-6,9H2. The summed E-state index contributed by atoms with van der Waals surface area (Å²) in [5.74, 6) is 0.00964. The predicted octanol–water partition coefficient (Wildman–Crippen LogP) is 4.34. The lowest BCUT2D eigenvalue weighted by Gasteiger charge is -2.27. The summed E-state index contributed by atoms with van der Waals surface area (Å²) in [5, 5.41) is 3.28. The third-order valence-corrected chi connectivity index (χ3v) is 4.05. The predicted molar refractivity (Wildman–Crippen MR) is 80.2 cm³/mol. The smallest absolute Gasteiger partial charge is 0.127 e. The first-order valence-corrected chi connectivity index (χ1v) is 7.52. The largest absolute Gasteiger partial charge is 0.493 e. The van der Waals surface area contributed by atoms with E-state index in [1.165, 1.54) is 6.07 Å². The number of nitrogens with one attached hydrogen (secondary N) is 1. The van der Waals surface area contributed by atoms with Crippen molar-refractivity contribution in [1.82, 2.24) is 5.32 Å². The molecule has 110 valence electrons. The van der Waals surface area contributed by atoms with Gasteiger partial charge in [0.15, 0.2) is 0 Å². The summed E-state index contributed by atoms with van der Waals surface area (Å²) in [4.78, 5) is 0. The molecule has 0 bridgehead atoms. The summed E-state index contributed by atoms with van der Waals surface area (Å²) < 4.78 is 33.4. The number of benzene rings is 2. The third kappa shape index (κ3) is 3.24. The normalized spacial score (nSPS) is 17.2. The number of hydrogen-bond acceptors (Lipinski definition) is 2. The molecule has 1 aliphatic rings. The molecular weight excluding hydrogens is 340 g/mol. The molecule has 0 aromatic heterocycles. The van der Waals surface area contributed by atoms with E-state index < -0.39 is 11.6 Å². The summed E-state index contributed by atoms with van der Waals surface area (Å²) in [6.07, 6.45) is 0.792. The van der Waals surface area contributed by atoms with Gasteiger partial charge < -0.3 is 10.1 Å². The Hall–Kier alpha value is -1.46. The van der Waals surface area contributed by atoms with Crippen molar-refractivity contribution in [2.75, 3.05) is 6.61 Å². The first-order chi connectivity index (χ1) is 10.1. The lowest BCUT2D eigenvalue weighted by Crippen LogP contribution is -2.27. The third-order valence-electron chi connectivity index (χ3n) is 3.56. The second-order valence-corrected chi connectivity index (χ2v) is 5.90. The molecule has 0 saturated heterocycles. The van der Waals surface area contributed by atoms with Crippen molar-refractivity contribution in [2.45, 2.75) is 19.0 Å². The molecule has 0 amide bonds. The highest BCUT2D eigenvalue weighted by Gasteiger charge is 2.21. The van der Waals surface area contributed by atoms with Crippen molar-refractivity contribution in [1.29, 1.82) is 0 Å². The van der Waals surface area contributed by atoms with E-state index >= 15 is 0 Å². The fourth-order valence-electron chi connectivity index (χ4n) is 2.49. The number of rotatable bonds is 3. The molecule has 0 saturated carbocycles. The highest BCUT2D eigenvalue weighted by molar-refractivity contribution is 9.10. The van der Waals surface area contributed by atoms with Crippen LogP contribution >= 0.6 is 15.9 Å². The molecule has 1 unspecified atom stereocenters. The van der Waals surface area contributed by atoms with Crippen LogP contribution in [0.5, 0.6) is 5.75 Å². The van der Waals surface area contributed by atoms with Crippen LogP contribution in [0.2, 0.25) is 0 Å². The minimum absolute atomic E-state index is 0.0638. The summed E-state index contributed by atoms with van der Waals surface area (Å²) in [6, 6.07) is 9.40. The monoisotopic (exact) mass is 353 g/mol. The van der Waals surface area contributed by atoms with Gasteiger partial charge in [-0.05, 0) is 36.4 Å². The van der Waals surface area contributed by atoms with Crippen LogP contribution in [0.3, 0.4) is 0 Å². The molecule has 2 aromatic carbocycles. The van der Waals surface area contributed by atoms with Gasteiger partial charge in [-0.3, -0.25) is 0 Å². The molecule has 1 heterocycles. The minimum atomic E-state index is -0.427. The van der Waals surface area contributed by atoms with Gasteiger partial charge in [0.05, 0.1) is 6.61 Å². The fourth-order valence-corrected chi connectivity index (χ4v) is 2.87. The van der Waals surface area contributed by atoms with E-state index in [4.69, 9.17) is 4.74 Å². The first-order valence-electron chi connectivity index (χ1n) is 6.73. The number of halogens is 3. The Morgan fingerprint density at radius 1 is 1.19 bits per heavy atom. The fraction of sp³-hybridized carbons (Fsp3) is 0.250. The molecule has 0 aliphatic carbocycles. The maximum Gasteiger partial charge on any atom is 0.127 e. The van der Waals surface area contributed by atoms with Crippen LogP contribution in [0.4, 0.5) is 8.78 Å². The molecule has 0 spiro atoms. The van der Waals surface area contributed by atoms with Crippen molar-refractivity contribution in [3.63, 3.8) is 0 Å². The van der Waals surface area contributed by atoms with Crippen LogP contribution in [0.15, 0.2) is 40.9 Å². The summed E-state index contributed by atoms with van der Waals surface area (Å²) in [7, 11) is 0. The topological polar surface area (TPSA) is 21.3 Å². The Morgan fingerprint density at radius 2 is 2.05 bits per heavy atom. The molecule has 1 atom stereocenters. The van der Waals surface area contributed by atoms with E-state index in [-0.39, 0.29) is 12.6 Å². The lowest BCUT2D eigenvalue weighted by molar-refractivity contribution is 0.251. The Morgan fingerprint density at radius 3 is 2.90 bits per heavy atom. The molecule has 0 radical (unpaired) electrons. The van der Waals surface area contributed by atoms with Crippen molar-refractivity contribution in [3.8, 4) is 5.75 Å². The maximum absolute atomic E-state index is 13.6. The van der Waals surface area contributed by atoms with E-state index in [1.807, 2.05) is 18.2 Å². The van der Waals surface area contributed by atoms with E-state index in [9.17, 15) is 8.78 Å². The quantitative estimate of drug-likeness (QED) is 0.885. The van der Waals surface area contributed by atoms with Gasteiger partial charge in [0, 0.05) is 34.6 Å². The number of fused-ring (bicyclic) bond motifs is 1. The van der Waals surface area contributed by atoms with Crippen molar-refractivity contribution in [3.05, 3.63) is 63.6 Å². The Kier molecular flexibility index (Phi) is 4.22. The van der Waals surface area contributed by atoms with Crippen LogP contribution in [-0.2, 0) is 6.54 Å². The Labute approximate surface area is 130 Å². The summed E-state index contributed by atoms with van der Waals surface area (Å²) in [5.41, 5.74) is 1.37. The van der Waals surface area contributed by atoms with Gasteiger partial charge in [0.1, 0.15) is 17.4 Å². The number of ether oxygens (including phenoxy) is 1. The zero-order valence-electron chi connectivity index (χ0n) is 11.2. The van der Waals surface area contributed by atoms with E-state index in [0.717, 1.165) is 34.3 Å². The molecular formula is C16H14BrF2NO.